The van der Waals surface area contributed by atoms with Crippen LogP contribution in [-0.4, -0.2) is 30.8 Å². The van der Waals surface area contributed by atoms with Crippen LogP contribution in [0.3, 0.4) is 0 Å². The first-order valence-corrected chi connectivity index (χ1v) is 9.68. The third-order valence-corrected chi connectivity index (χ3v) is 4.30. The van der Waals surface area contributed by atoms with Crippen molar-refractivity contribution in [2.45, 2.75) is 38.0 Å². The third-order valence-electron chi connectivity index (χ3n) is 3.50. The molecule has 0 radical (unpaired) electrons. The Labute approximate surface area is 147 Å². The van der Waals surface area contributed by atoms with Gasteiger partial charge in [-0.2, -0.15) is 0 Å². The highest BCUT2D eigenvalue weighted by molar-refractivity contribution is 7.90. The van der Waals surface area contributed by atoms with E-state index < -0.39 is 21.1 Å². The first kappa shape index (κ1) is 18.9. The second-order valence-corrected chi connectivity index (χ2v) is 7.96. The van der Waals surface area contributed by atoms with Crippen LogP contribution in [0.4, 0.5) is 0 Å². The second kappa shape index (κ2) is 7.60. The van der Waals surface area contributed by atoms with Gasteiger partial charge in [0.25, 0.3) is 0 Å². The van der Waals surface area contributed by atoms with Crippen molar-refractivity contribution in [3.8, 4) is 0 Å². The standard InChI is InChI=1S/C17H21N3O4S/c1-11(2)14-8-5-13(6-9-14)7-10-15(21)18-12(3)16-19-20-17(24-16)25(4,22)23/h5-12H,1-4H3,(H,18,21)/b10-7+/t12-/m0/s1. The fourth-order valence-corrected chi connectivity index (χ4v) is 2.46. The van der Waals surface area contributed by atoms with E-state index in [9.17, 15) is 13.2 Å². The summed E-state index contributed by atoms with van der Waals surface area (Å²) >= 11 is 0. The quantitative estimate of drug-likeness (QED) is 0.791. The summed E-state index contributed by atoms with van der Waals surface area (Å²) in [6, 6.07) is 7.33. The van der Waals surface area contributed by atoms with Crippen LogP contribution in [0, 0.1) is 0 Å². The van der Waals surface area contributed by atoms with Gasteiger partial charge < -0.3 is 9.73 Å². The summed E-state index contributed by atoms with van der Waals surface area (Å²) in [5, 5.41) is 9.28. The van der Waals surface area contributed by atoms with E-state index >= 15 is 0 Å². The lowest BCUT2D eigenvalue weighted by atomic mass is 10.0. The fraction of sp³-hybridized carbons (Fsp3) is 0.353. The molecule has 8 heteroatoms. The summed E-state index contributed by atoms with van der Waals surface area (Å²) in [6.07, 6.45) is 4.07. The van der Waals surface area contributed by atoms with Crippen LogP contribution in [-0.2, 0) is 14.6 Å². The zero-order valence-corrected chi connectivity index (χ0v) is 15.4. The van der Waals surface area contributed by atoms with E-state index in [2.05, 4.69) is 29.4 Å². The smallest absolute Gasteiger partial charge is 0.335 e. The molecule has 0 saturated carbocycles. The molecule has 0 aliphatic rings. The molecule has 0 spiro atoms. The molecular weight excluding hydrogens is 342 g/mol. The van der Waals surface area contributed by atoms with Gasteiger partial charge in [-0.15, -0.1) is 5.10 Å². The summed E-state index contributed by atoms with van der Waals surface area (Å²) < 4.78 is 27.7. The SMILES string of the molecule is CC(C)c1ccc(/C=C/C(=O)N[C@@H](C)c2nnc(S(C)(=O)=O)o2)cc1. The first-order valence-electron chi connectivity index (χ1n) is 7.79. The molecule has 7 nitrogen and oxygen atoms in total. The lowest BCUT2D eigenvalue weighted by molar-refractivity contribution is -0.117. The molecule has 0 unspecified atom stereocenters. The molecule has 0 aliphatic carbocycles. The van der Waals surface area contributed by atoms with Gasteiger partial charge in [0.15, 0.2) is 0 Å². The van der Waals surface area contributed by atoms with Gasteiger partial charge in [-0.05, 0) is 30.0 Å². The number of hydrogen-bond acceptors (Lipinski definition) is 6. The number of hydrogen-bond donors (Lipinski definition) is 1. The molecule has 1 N–H and O–H groups in total. The highest BCUT2D eigenvalue weighted by Crippen LogP contribution is 2.16. The van der Waals surface area contributed by atoms with Crippen LogP contribution in [0.5, 0.6) is 0 Å². The molecule has 0 bridgehead atoms. The van der Waals surface area contributed by atoms with Crippen molar-refractivity contribution in [1.82, 2.24) is 15.5 Å². The maximum atomic E-state index is 12.0. The number of aromatic nitrogens is 2. The number of rotatable bonds is 6. The minimum absolute atomic E-state index is 0.0310. The number of carbonyl (C=O) groups excluding carboxylic acids is 1. The Morgan fingerprint density at radius 3 is 2.32 bits per heavy atom. The first-order chi connectivity index (χ1) is 11.7. The predicted octanol–water partition coefficient (Wildman–Crippen LogP) is 2.49. The normalized spacial score (nSPS) is 13.3. The number of sulfone groups is 1. The van der Waals surface area contributed by atoms with Crippen LogP contribution >= 0.6 is 0 Å². The van der Waals surface area contributed by atoms with Crippen LogP contribution in [0.25, 0.3) is 6.08 Å². The Morgan fingerprint density at radius 1 is 1.16 bits per heavy atom. The van der Waals surface area contributed by atoms with E-state index in [-0.39, 0.29) is 11.8 Å². The molecule has 134 valence electrons. The Balaban J connectivity index is 1.98. The van der Waals surface area contributed by atoms with E-state index in [1.54, 1.807) is 13.0 Å². The summed E-state index contributed by atoms with van der Waals surface area (Å²) in [4.78, 5) is 12.0. The Kier molecular flexibility index (Phi) is 5.73. The summed E-state index contributed by atoms with van der Waals surface area (Å²) in [5.74, 6) is 0.136. The van der Waals surface area contributed by atoms with Crippen molar-refractivity contribution in [3.63, 3.8) is 0 Å². The molecule has 1 heterocycles. The predicted molar refractivity (Wildman–Crippen MR) is 93.5 cm³/mol. The molecule has 0 saturated heterocycles. The second-order valence-electron chi connectivity index (χ2n) is 6.06. The van der Waals surface area contributed by atoms with Crippen LogP contribution in [0.15, 0.2) is 40.0 Å². The number of amides is 1. The highest BCUT2D eigenvalue weighted by atomic mass is 32.2. The highest BCUT2D eigenvalue weighted by Gasteiger charge is 2.20. The Morgan fingerprint density at radius 2 is 1.80 bits per heavy atom. The molecule has 1 amide bonds. The maximum absolute atomic E-state index is 12.0. The number of nitrogens with one attached hydrogen (secondary N) is 1. The summed E-state index contributed by atoms with van der Waals surface area (Å²) in [5.41, 5.74) is 2.14. The van der Waals surface area contributed by atoms with Crippen molar-refractivity contribution in [2.24, 2.45) is 0 Å². The topological polar surface area (TPSA) is 102 Å². The molecule has 2 aromatic rings. The zero-order chi connectivity index (χ0) is 18.6. The number of nitrogens with zero attached hydrogens (tertiary/aromatic N) is 2. The molecule has 0 fully saturated rings. The van der Waals surface area contributed by atoms with Crippen molar-refractivity contribution in [1.29, 1.82) is 0 Å². The summed E-state index contributed by atoms with van der Waals surface area (Å²) in [7, 11) is -3.57. The largest absolute Gasteiger partial charge is 0.410 e. The van der Waals surface area contributed by atoms with Gasteiger partial charge in [-0.1, -0.05) is 43.2 Å². The van der Waals surface area contributed by atoms with E-state index in [1.807, 2.05) is 24.3 Å². The van der Waals surface area contributed by atoms with E-state index in [1.165, 1.54) is 11.6 Å². The molecule has 0 aliphatic heterocycles. The molecule has 1 aromatic heterocycles. The maximum Gasteiger partial charge on any atom is 0.335 e. The Hall–Kier alpha value is -2.48. The average molecular weight is 363 g/mol. The van der Waals surface area contributed by atoms with Gasteiger partial charge in [0.05, 0.1) is 0 Å². The van der Waals surface area contributed by atoms with Gasteiger partial charge in [0, 0.05) is 12.3 Å². The van der Waals surface area contributed by atoms with Gasteiger partial charge >= 0.3 is 5.22 Å². The number of benzene rings is 1. The van der Waals surface area contributed by atoms with E-state index in [0.29, 0.717) is 5.92 Å². The fourth-order valence-electron chi connectivity index (χ4n) is 2.03. The van der Waals surface area contributed by atoms with Crippen LogP contribution in [0.1, 0.15) is 49.7 Å². The van der Waals surface area contributed by atoms with Crippen molar-refractivity contribution in [3.05, 3.63) is 47.4 Å². The third kappa shape index (κ3) is 5.25. The zero-order valence-electron chi connectivity index (χ0n) is 14.6. The average Bonchev–Trinajstić information content (AvgIpc) is 3.03. The van der Waals surface area contributed by atoms with Crippen molar-refractivity contribution >= 4 is 21.8 Å². The van der Waals surface area contributed by atoms with Crippen LogP contribution < -0.4 is 5.32 Å². The summed E-state index contributed by atoms with van der Waals surface area (Å²) in [6.45, 7) is 5.86. The Bertz CT molecular complexity index is 868. The molecule has 25 heavy (non-hydrogen) atoms. The van der Waals surface area contributed by atoms with Gasteiger partial charge in [0.1, 0.15) is 6.04 Å². The lowest BCUT2D eigenvalue weighted by Crippen LogP contribution is -2.24. The van der Waals surface area contributed by atoms with Gasteiger partial charge in [0.2, 0.25) is 21.6 Å². The molecule has 2 rings (SSSR count). The van der Waals surface area contributed by atoms with E-state index in [0.717, 1.165) is 11.8 Å². The minimum atomic E-state index is -3.57. The van der Waals surface area contributed by atoms with Gasteiger partial charge in [-0.25, -0.2) is 8.42 Å². The number of carbonyl (C=O) groups is 1. The molecule has 1 atom stereocenters. The van der Waals surface area contributed by atoms with Crippen LogP contribution in [0.2, 0.25) is 0 Å². The lowest BCUT2D eigenvalue weighted by Gasteiger charge is -2.07. The van der Waals surface area contributed by atoms with E-state index in [4.69, 9.17) is 4.42 Å². The van der Waals surface area contributed by atoms with Gasteiger partial charge in [-0.3, -0.25) is 4.79 Å². The monoisotopic (exact) mass is 363 g/mol. The van der Waals surface area contributed by atoms with Crippen molar-refractivity contribution in [2.75, 3.05) is 6.26 Å². The molecular formula is C17H21N3O4S. The molecule has 1 aromatic carbocycles. The van der Waals surface area contributed by atoms with Crippen molar-refractivity contribution < 1.29 is 17.6 Å². The minimum Gasteiger partial charge on any atom is -0.410 e.